The van der Waals surface area contributed by atoms with E-state index in [9.17, 15) is 14.7 Å². The molecule has 1 aromatic rings. The van der Waals surface area contributed by atoms with Crippen molar-refractivity contribution >= 4 is 27.8 Å². The van der Waals surface area contributed by atoms with Crippen molar-refractivity contribution in [1.82, 2.24) is 4.90 Å². The van der Waals surface area contributed by atoms with Crippen molar-refractivity contribution in [2.24, 2.45) is 0 Å². The normalized spacial score (nSPS) is 17.8. The minimum Gasteiger partial charge on any atom is -0.494 e. The SMILES string of the molecule is O=C(O)C1CCCCN1C(=O)CCCCOc1ccc(Br)cc1. The molecular formula is C17H22BrNO4. The molecule has 2 rings (SSSR count). The molecule has 0 spiro atoms. The first-order valence-electron chi connectivity index (χ1n) is 7.98. The zero-order valence-electron chi connectivity index (χ0n) is 13.0. The van der Waals surface area contributed by atoms with Crippen molar-refractivity contribution in [3.63, 3.8) is 0 Å². The molecule has 1 heterocycles. The fourth-order valence-electron chi connectivity index (χ4n) is 2.73. The molecule has 0 bridgehead atoms. The second kappa shape index (κ2) is 8.91. The van der Waals surface area contributed by atoms with Crippen LogP contribution in [0.5, 0.6) is 5.75 Å². The average Bonchev–Trinajstić information content (AvgIpc) is 2.56. The lowest BCUT2D eigenvalue weighted by molar-refractivity contribution is -0.152. The van der Waals surface area contributed by atoms with Crippen molar-refractivity contribution < 1.29 is 19.4 Å². The minimum absolute atomic E-state index is 0.0549. The lowest BCUT2D eigenvalue weighted by Crippen LogP contribution is -2.47. The second-order valence-electron chi connectivity index (χ2n) is 5.70. The van der Waals surface area contributed by atoms with Gasteiger partial charge in [-0.3, -0.25) is 4.79 Å². The Morgan fingerprint density at radius 2 is 1.96 bits per heavy atom. The Morgan fingerprint density at radius 3 is 2.65 bits per heavy atom. The quantitative estimate of drug-likeness (QED) is 0.732. The number of nitrogens with zero attached hydrogens (tertiary/aromatic N) is 1. The van der Waals surface area contributed by atoms with Gasteiger partial charge >= 0.3 is 5.97 Å². The van der Waals surface area contributed by atoms with Crippen LogP contribution >= 0.6 is 15.9 Å². The van der Waals surface area contributed by atoms with Crippen LogP contribution in [0.15, 0.2) is 28.7 Å². The highest BCUT2D eigenvalue weighted by Gasteiger charge is 2.31. The van der Waals surface area contributed by atoms with E-state index < -0.39 is 12.0 Å². The molecule has 5 nitrogen and oxygen atoms in total. The molecule has 1 saturated heterocycles. The van der Waals surface area contributed by atoms with Gasteiger partial charge in [0, 0.05) is 17.4 Å². The van der Waals surface area contributed by atoms with Crippen LogP contribution in [0.3, 0.4) is 0 Å². The number of aliphatic carboxylic acids is 1. The largest absolute Gasteiger partial charge is 0.494 e. The number of hydrogen-bond donors (Lipinski definition) is 1. The van der Waals surface area contributed by atoms with Crippen LogP contribution in [0.1, 0.15) is 38.5 Å². The van der Waals surface area contributed by atoms with E-state index >= 15 is 0 Å². The summed E-state index contributed by atoms with van der Waals surface area (Å²) < 4.78 is 6.61. The maximum atomic E-state index is 12.2. The molecule has 0 radical (unpaired) electrons. The first-order chi connectivity index (χ1) is 11.1. The number of hydrogen-bond acceptors (Lipinski definition) is 3. The Balaban J connectivity index is 1.67. The number of likely N-dealkylation sites (tertiary alicyclic amines) is 1. The van der Waals surface area contributed by atoms with E-state index in [0.29, 0.717) is 32.4 Å². The first-order valence-corrected chi connectivity index (χ1v) is 8.78. The van der Waals surface area contributed by atoms with Crippen molar-refractivity contribution in [1.29, 1.82) is 0 Å². The van der Waals surface area contributed by atoms with Crippen LogP contribution in [0, 0.1) is 0 Å². The van der Waals surface area contributed by atoms with E-state index in [1.807, 2.05) is 24.3 Å². The van der Waals surface area contributed by atoms with Crippen LogP contribution in [0.2, 0.25) is 0 Å². The number of carboxylic acid groups (broad SMARTS) is 1. The van der Waals surface area contributed by atoms with Crippen LogP contribution in [0.4, 0.5) is 0 Å². The molecular weight excluding hydrogens is 362 g/mol. The Labute approximate surface area is 144 Å². The number of benzene rings is 1. The molecule has 1 aliphatic rings. The first kappa shape index (κ1) is 17.8. The summed E-state index contributed by atoms with van der Waals surface area (Å²) in [6.07, 6.45) is 4.19. The summed E-state index contributed by atoms with van der Waals surface area (Å²) in [7, 11) is 0. The molecule has 1 atom stereocenters. The fourth-order valence-corrected chi connectivity index (χ4v) is 2.99. The van der Waals surface area contributed by atoms with Gasteiger partial charge in [-0.25, -0.2) is 4.79 Å². The molecule has 1 aliphatic heterocycles. The number of rotatable bonds is 7. The van der Waals surface area contributed by atoms with E-state index in [0.717, 1.165) is 29.5 Å². The van der Waals surface area contributed by atoms with Gasteiger partial charge in [0.15, 0.2) is 0 Å². The van der Waals surface area contributed by atoms with Gasteiger partial charge in [0.2, 0.25) is 5.91 Å². The molecule has 1 fully saturated rings. The van der Waals surface area contributed by atoms with E-state index in [2.05, 4.69) is 15.9 Å². The van der Waals surface area contributed by atoms with Crippen LogP contribution in [0.25, 0.3) is 0 Å². The van der Waals surface area contributed by atoms with Crippen LogP contribution < -0.4 is 4.74 Å². The van der Waals surface area contributed by atoms with Crippen molar-refractivity contribution in [3.8, 4) is 5.75 Å². The Morgan fingerprint density at radius 1 is 1.22 bits per heavy atom. The van der Waals surface area contributed by atoms with E-state index in [1.54, 1.807) is 0 Å². The number of unbranched alkanes of at least 4 members (excludes halogenated alkanes) is 1. The summed E-state index contributed by atoms with van der Waals surface area (Å²) in [6.45, 7) is 1.11. The average molecular weight is 384 g/mol. The molecule has 1 amide bonds. The number of amides is 1. The van der Waals surface area contributed by atoms with Gasteiger partial charge in [0.25, 0.3) is 0 Å². The number of carboxylic acids is 1. The van der Waals surface area contributed by atoms with Gasteiger partial charge in [-0.1, -0.05) is 15.9 Å². The topological polar surface area (TPSA) is 66.8 Å². The monoisotopic (exact) mass is 383 g/mol. The highest BCUT2D eigenvalue weighted by atomic mass is 79.9. The maximum Gasteiger partial charge on any atom is 0.326 e. The van der Waals surface area contributed by atoms with Gasteiger partial charge in [-0.2, -0.15) is 0 Å². The zero-order chi connectivity index (χ0) is 16.7. The molecule has 1 unspecified atom stereocenters. The Kier molecular flexibility index (Phi) is 6.89. The molecule has 6 heteroatoms. The van der Waals surface area contributed by atoms with E-state index in [-0.39, 0.29) is 5.91 Å². The summed E-state index contributed by atoms with van der Waals surface area (Å²) in [4.78, 5) is 24.9. The smallest absolute Gasteiger partial charge is 0.326 e. The third-order valence-corrected chi connectivity index (χ3v) is 4.50. The molecule has 0 saturated carbocycles. The van der Waals surface area contributed by atoms with Crippen molar-refractivity contribution in [2.75, 3.05) is 13.2 Å². The molecule has 126 valence electrons. The van der Waals surface area contributed by atoms with Gasteiger partial charge in [-0.05, 0) is 56.4 Å². The number of halogens is 1. The maximum absolute atomic E-state index is 12.2. The van der Waals surface area contributed by atoms with Crippen LogP contribution in [-0.2, 0) is 9.59 Å². The lowest BCUT2D eigenvalue weighted by Gasteiger charge is -2.33. The molecule has 0 aliphatic carbocycles. The highest BCUT2D eigenvalue weighted by molar-refractivity contribution is 9.10. The summed E-state index contributed by atoms with van der Waals surface area (Å²) >= 11 is 3.37. The number of ether oxygens (including phenoxy) is 1. The Hall–Kier alpha value is -1.56. The van der Waals surface area contributed by atoms with E-state index in [4.69, 9.17) is 4.74 Å². The van der Waals surface area contributed by atoms with E-state index in [1.165, 1.54) is 4.90 Å². The summed E-state index contributed by atoms with van der Waals surface area (Å²) in [5, 5.41) is 9.20. The molecule has 1 N–H and O–H groups in total. The van der Waals surface area contributed by atoms with Crippen molar-refractivity contribution in [3.05, 3.63) is 28.7 Å². The molecule has 0 aromatic heterocycles. The summed E-state index contributed by atoms with van der Waals surface area (Å²) in [6, 6.07) is 6.97. The van der Waals surface area contributed by atoms with Crippen molar-refractivity contribution in [2.45, 2.75) is 44.6 Å². The Bertz CT molecular complexity index is 532. The molecule has 1 aromatic carbocycles. The minimum atomic E-state index is -0.892. The van der Waals surface area contributed by atoms with Gasteiger partial charge in [0.05, 0.1) is 6.61 Å². The zero-order valence-corrected chi connectivity index (χ0v) is 14.6. The third-order valence-electron chi connectivity index (χ3n) is 3.98. The lowest BCUT2D eigenvalue weighted by atomic mass is 10.0. The number of carbonyl (C=O) groups excluding carboxylic acids is 1. The highest BCUT2D eigenvalue weighted by Crippen LogP contribution is 2.19. The van der Waals surface area contributed by atoms with Crippen LogP contribution in [-0.4, -0.2) is 41.1 Å². The van der Waals surface area contributed by atoms with Gasteiger partial charge in [0.1, 0.15) is 11.8 Å². The predicted molar refractivity (Wildman–Crippen MR) is 90.5 cm³/mol. The second-order valence-corrected chi connectivity index (χ2v) is 6.61. The fraction of sp³-hybridized carbons (Fsp3) is 0.529. The van der Waals surface area contributed by atoms with Gasteiger partial charge < -0.3 is 14.7 Å². The van der Waals surface area contributed by atoms with Gasteiger partial charge in [-0.15, -0.1) is 0 Å². The molecule has 23 heavy (non-hydrogen) atoms. The standard InChI is InChI=1S/C17H22BrNO4/c18-13-7-9-14(10-8-13)23-12-4-2-6-16(20)19-11-3-1-5-15(19)17(21)22/h7-10,15H,1-6,11-12H2,(H,21,22). The third kappa shape index (κ3) is 5.53. The predicted octanol–water partition coefficient (Wildman–Crippen LogP) is 3.46. The number of carbonyl (C=O) groups is 2. The summed E-state index contributed by atoms with van der Waals surface area (Å²) in [5.41, 5.74) is 0. The number of piperidine rings is 1. The summed E-state index contributed by atoms with van der Waals surface area (Å²) in [5.74, 6) is -0.140.